The SMILES string of the molecule is COc1ccc(OCC(=O)N[C@H](CCSC)C(=O)O)c(C(C)(C)C)c1. The normalized spacial score (nSPS) is 12.4. The van der Waals surface area contributed by atoms with Gasteiger partial charge in [-0.25, -0.2) is 4.79 Å². The highest BCUT2D eigenvalue weighted by Gasteiger charge is 2.22. The van der Waals surface area contributed by atoms with Gasteiger partial charge in [0.1, 0.15) is 17.5 Å². The molecule has 0 aliphatic heterocycles. The molecule has 2 N–H and O–H groups in total. The lowest BCUT2D eigenvalue weighted by atomic mass is 9.86. The van der Waals surface area contributed by atoms with Gasteiger partial charge in [0.25, 0.3) is 5.91 Å². The monoisotopic (exact) mass is 369 g/mol. The Labute approximate surface area is 153 Å². The summed E-state index contributed by atoms with van der Waals surface area (Å²) >= 11 is 1.54. The summed E-state index contributed by atoms with van der Waals surface area (Å²) in [5.74, 6) is 0.459. The number of hydrogen-bond donors (Lipinski definition) is 2. The van der Waals surface area contributed by atoms with Crippen molar-refractivity contribution in [3.05, 3.63) is 23.8 Å². The second-order valence-corrected chi connectivity index (χ2v) is 7.63. The number of nitrogens with one attached hydrogen (secondary N) is 1. The maximum absolute atomic E-state index is 12.0. The maximum atomic E-state index is 12.0. The van der Waals surface area contributed by atoms with E-state index in [2.05, 4.69) is 5.32 Å². The molecule has 0 saturated carbocycles. The van der Waals surface area contributed by atoms with Gasteiger partial charge in [-0.05, 0) is 42.0 Å². The first-order valence-corrected chi connectivity index (χ1v) is 9.40. The predicted molar refractivity (Wildman–Crippen MR) is 99.8 cm³/mol. The molecular formula is C18H27NO5S. The van der Waals surface area contributed by atoms with E-state index in [1.165, 1.54) is 11.8 Å². The lowest BCUT2D eigenvalue weighted by molar-refractivity contribution is -0.142. The largest absolute Gasteiger partial charge is 0.497 e. The molecule has 0 spiro atoms. The topological polar surface area (TPSA) is 84.9 Å². The zero-order chi connectivity index (χ0) is 19.0. The number of carbonyl (C=O) groups is 2. The number of carboxylic acids is 1. The van der Waals surface area contributed by atoms with Gasteiger partial charge >= 0.3 is 5.97 Å². The fraction of sp³-hybridized carbons (Fsp3) is 0.556. The zero-order valence-electron chi connectivity index (χ0n) is 15.4. The van der Waals surface area contributed by atoms with E-state index < -0.39 is 17.9 Å². The average Bonchev–Trinajstić information content (AvgIpc) is 2.55. The van der Waals surface area contributed by atoms with E-state index >= 15 is 0 Å². The number of rotatable bonds is 9. The molecule has 25 heavy (non-hydrogen) atoms. The minimum absolute atomic E-state index is 0.192. The second kappa shape index (κ2) is 9.56. The van der Waals surface area contributed by atoms with Crippen molar-refractivity contribution in [2.24, 2.45) is 0 Å². The van der Waals surface area contributed by atoms with Crippen molar-refractivity contribution in [1.82, 2.24) is 5.32 Å². The van der Waals surface area contributed by atoms with Crippen LogP contribution in [0.2, 0.25) is 0 Å². The fourth-order valence-corrected chi connectivity index (χ4v) is 2.69. The molecule has 1 aromatic carbocycles. The Morgan fingerprint density at radius 3 is 2.52 bits per heavy atom. The van der Waals surface area contributed by atoms with Gasteiger partial charge in [0.2, 0.25) is 0 Å². The van der Waals surface area contributed by atoms with Crippen molar-refractivity contribution in [2.45, 2.75) is 38.6 Å². The number of carbonyl (C=O) groups excluding carboxylic acids is 1. The van der Waals surface area contributed by atoms with Crippen molar-refractivity contribution in [2.75, 3.05) is 25.7 Å². The Balaban J connectivity index is 2.76. The minimum Gasteiger partial charge on any atom is -0.497 e. The number of benzene rings is 1. The van der Waals surface area contributed by atoms with Crippen molar-refractivity contribution in [1.29, 1.82) is 0 Å². The first kappa shape index (κ1) is 21.2. The van der Waals surface area contributed by atoms with Gasteiger partial charge in [-0.1, -0.05) is 20.8 Å². The van der Waals surface area contributed by atoms with Gasteiger partial charge in [0, 0.05) is 5.56 Å². The van der Waals surface area contributed by atoms with Crippen LogP contribution in [0.1, 0.15) is 32.8 Å². The number of methoxy groups -OCH3 is 1. The summed E-state index contributed by atoms with van der Waals surface area (Å²) in [5.41, 5.74) is 0.722. The van der Waals surface area contributed by atoms with Crippen LogP contribution < -0.4 is 14.8 Å². The van der Waals surface area contributed by atoms with Gasteiger partial charge in [0.15, 0.2) is 6.61 Å². The van der Waals surface area contributed by atoms with E-state index in [1.807, 2.05) is 33.1 Å². The highest BCUT2D eigenvalue weighted by atomic mass is 32.2. The van der Waals surface area contributed by atoms with Gasteiger partial charge in [-0.3, -0.25) is 4.79 Å². The lowest BCUT2D eigenvalue weighted by Crippen LogP contribution is -2.43. The van der Waals surface area contributed by atoms with E-state index in [4.69, 9.17) is 14.6 Å². The Morgan fingerprint density at radius 2 is 2.00 bits per heavy atom. The predicted octanol–water partition coefficient (Wildman–Crippen LogP) is 2.69. The molecule has 1 aromatic rings. The number of thioether (sulfide) groups is 1. The highest BCUT2D eigenvalue weighted by Crippen LogP contribution is 2.34. The third-order valence-corrected chi connectivity index (χ3v) is 4.24. The summed E-state index contributed by atoms with van der Waals surface area (Å²) in [5, 5.41) is 11.7. The molecule has 0 aliphatic carbocycles. The average molecular weight is 369 g/mol. The molecule has 0 radical (unpaired) electrons. The van der Waals surface area contributed by atoms with Crippen molar-refractivity contribution in [3.8, 4) is 11.5 Å². The summed E-state index contributed by atoms with van der Waals surface area (Å²) in [6, 6.07) is 4.50. The molecule has 0 aromatic heterocycles. The van der Waals surface area contributed by atoms with Crippen LogP contribution in [-0.4, -0.2) is 48.8 Å². The third kappa shape index (κ3) is 6.86. The molecule has 0 unspecified atom stereocenters. The van der Waals surface area contributed by atoms with Crippen LogP contribution in [0.25, 0.3) is 0 Å². The standard InChI is InChI=1S/C18H27NO5S/c1-18(2,3)13-10-12(23-4)6-7-15(13)24-11-16(20)19-14(17(21)22)8-9-25-5/h6-7,10,14H,8-9,11H2,1-5H3,(H,19,20)(H,21,22)/t14-/m1/s1. The molecule has 1 rings (SSSR count). The van der Waals surface area contributed by atoms with Gasteiger partial charge in [-0.2, -0.15) is 11.8 Å². The molecule has 1 atom stereocenters. The zero-order valence-corrected chi connectivity index (χ0v) is 16.2. The highest BCUT2D eigenvalue weighted by molar-refractivity contribution is 7.98. The summed E-state index contributed by atoms with van der Waals surface area (Å²) in [7, 11) is 1.59. The van der Waals surface area contributed by atoms with Crippen LogP contribution in [-0.2, 0) is 15.0 Å². The molecule has 1 amide bonds. The van der Waals surface area contributed by atoms with Crippen LogP contribution >= 0.6 is 11.8 Å². The Hall–Kier alpha value is -1.89. The Bertz CT molecular complexity index is 598. The van der Waals surface area contributed by atoms with Crippen LogP contribution in [0, 0.1) is 0 Å². The van der Waals surface area contributed by atoms with Crippen LogP contribution in [0.15, 0.2) is 18.2 Å². The molecule has 7 heteroatoms. The minimum atomic E-state index is -1.04. The number of aliphatic carboxylic acids is 1. The van der Waals surface area contributed by atoms with E-state index in [9.17, 15) is 9.59 Å². The molecular weight excluding hydrogens is 342 g/mol. The molecule has 0 fully saturated rings. The smallest absolute Gasteiger partial charge is 0.326 e. The van der Waals surface area contributed by atoms with Crippen LogP contribution in [0.3, 0.4) is 0 Å². The molecule has 0 heterocycles. The van der Waals surface area contributed by atoms with Crippen LogP contribution in [0.5, 0.6) is 11.5 Å². The van der Waals surface area contributed by atoms with Gasteiger partial charge in [-0.15, -0.1) is 0 Å². The van der Waals surface area contributed by atoms with Crippen molar-refractivity contribution in [3.63, 3.8) is 0 Å². The molecule has 0 saturated heterocycles. The van der Waals surface area contributed by atoms with Gasteiger partial charge in [0.05, 0.1) is 7.11 Å². The quantitative estimate of drug-likeness (QED) is 0.696. The van der Waals surface area contributed by atoms with E-state index in [0.717, 1.165) is 5.56 Å². The summed E-state index contributed by atoms with van der Waals surface area (Å²) in [6.07, 6.45) is 2.26. The number of hydrogen-bond acceptors (Lipinski definition) is 5. The summed E-state index contributed by atoms with van der Waals surface area (Å²) in [6.45, 7) is 5.88. The van der Waals surface area contributed by atoms with Crippen molar-refractivity contribution >= 4 is 23.6 Å². The van der Waals surface area contributed by atoms with Gasteiger partial charge < -0.3 is 19.9 Å². The van der Waals surface area contributed by atoms with Crippen LogP contribution in [0.4, 0.5) is 0 Å². The van der Waals surface area contributed by atoms with E-state index in [0.29, 0.717) is 23.7 Å². The number of ether oxygens (including phenoxy) is 2. The third-order valence-electron chi connectivity index (χ3n) is 3.60. The lowest BCUT2D eigenvalue weighted by Gasteiger charge is -2.23. The van der Waals surface area contributed by atoms with E-state index in [1.54, 1.807) is 19.2 Å². The molecule has 0 aliphatic rings. The van der Waals surface area contributed by atoms with E-state index in [-0.39, 0.29) is 12.0 Å². The molecule has 0 bridgehead atoms. The molecule has 140 valence electrons. The Kier molecular flexibility index (Phi) is 8.09. The maximum Gasteiger partial charge on any atom is 0.326 e. The first-order valence-electron chi connectivity index (χ1n) is 8.01. The summed E-state index contributed by atoms with van der Waals surface area (Å²) in [4.78, 5) is 23.2. The number of amides is 1. The molecule has 6 nitrogen and oxygen atoms in total. The number of carboxylic acid groups (broad SMARTS) is 1. The Morgan fingerprint density at radius 1 is 1.32 bits per heavy atom. The first-order chi connectivity index (χ1) is 11.7. The fourth-order valence-electron chi connectivity index (χ4n) is 2.22. The summed E-state index contributed by atoms with van der Waals surface area (Å²) < 4.78 is 10.9. The van der Waals surface area contributed by atoms with Crippen molar-refractivity contribution < 1.29 is 24.2 Å². The second-order valence-electron chi connectivity index (χ2n) is 6.64.